The summed E-state index contributed by atoms with van der Waals surface area (Å²) in [4.78, 5) is 25.1. The Morgan fingerprint density at radius 3 is 2.55 bits per heavy atom. The number of hydrogen-bond donors (Lipinski definition) is 2. The van der Waals surface area contributed by atoms with Crippen LogP contribution in [0, 0.1) is 5.92 Å². The maximum atomic E-state index is 12.4. The number of carbonyl (C=O) groups excluding carboxylic acids is 1. The Balaban J connectivity index is 1.92. The number of likely N-dealkylation sites (tertiary alicyclic amines) is 1. The molecule has 0 spiro atoms. The smallest absolute Gasteiger partial charge is 0.335 e. The van der Waals surface area contributed by atoms with Crippen molar-refractivity contribution in [3.05, 3.63) is 35.4 Å². The van der Waals surface area contributed by atoms with Gasteiger partial charge in [-0.25, -0.2) is 9.59 Å². The van der Waals surface area contributed by atoms with Crippen LogP contribution < -0.4 is 5.32 Å². The van der Waals surface area contributed by atoms with Crippen LogP contribution in [-0.2, 0) is 6.54 Å². The summed E-state index contributed by atoms with van der Waals surface area (Å²) in [5.41, 5.74) is 1.16. The highest BCUT2D eigenvalue weighted by Gasteiger charge is 2.28. The molecule has 1 atom stereocenters. The normalized spacial score (nSPS) is 18.3. The van der Waals surface area contributed by atoms with Crippen molar-refractivity contribution in [2.75, 3.05) is 6.54 Å². The number of carboxylic acids is 1. The van der Waals surface area contributed by atoms with E-state index in [-0.39, 0.29) is 11.6 Å². The number of aromatic carboxylic acids is 1. The predicted octanol–water partition coefficient (Wildman–Crippen LogP) is 3.10. The van der Waals surface area contributed by atoms with E-state index in [9.17, 15) is 9.59 Å². The average Bonchev–Trinajstić information content (AvgIpc) is 2.53. The van der Waals surface area contributed by atoms with E-state index in [1.807, 2.05) is 4.90 Å². The molecule has 0 bridgehead atoms. The highest BCUT2D eigenvalue weighted by atomic mass is 16.4. The zero-order valence-electron chi connectivity index (χ0n) is 13.2. The number of hydrogen-bond acceptors (Lipinski definition) is 2. The first-order valence-electron chi connectivity index (χ1n) is 7.85. The van der Waals surface area contributed by atoms with E-state index in [0.717, 1.165) is 24.9 Å². The van der Waals surface area contributed by atoms with E-state index in [4.69, 9.17) is 5.11 Å². The van der Waals surface area contributed by atoms with Gasteiger partial charge >= 0.3 is 12.0 Å². The van der Waals surface area contributed by atoms with Crippen LogP contribution in [0.25, 0.3) is 0 Å². The molecule has 1 aromatic carbocycles. The molecule has 2 N–H and O–H groups in total. The van der Waals surface area contributed by atoms with E-state index < -0.39 is 5.97 Å². The zero-order valence-corrected chi connectivity index (χ0v) is 13.2. The Hall–Kier alpha value is -2.04. The molecule has 1 unspecified atom stereocenters. The second-order valence-corrected chi connectivity index (χ2v) is 6.16. The van der Waals surface area contributed by atoms with Crippen molar-refractivity contribution in [3.8, 4) is 0 Å². The van der Waals surface area contributed by atoms with Crippen LogP contribution in [0.1, 0.15) is 49.0 Å². The summed E-state index contributed by atoms with van der Waals surface area (Å²) in [5, 5.41) is 11.8. The summed E-state index contributed by atoms with van der Waals surface area (Å²) < 4.78 is 0. The number of rotatable bonds is 4. The van der Waals surface area contributed by atoms with Gasteiger partial charge in [-0.3, -0.25) is 0 Å². The summed E-state index contributed by atoms with van der Waals surface area (Å²) in [7, 11) is 0. The van der Waals surface area contributed by atoms with Crippen molar-refractivity contribution < 1.29 is 14.7 Å². The third-order valence-electron chi connectivity index (χ3n) is 4.22. The van der Waals surface area contributed by atoms with Crippen molar-refractivity contribution in [1.82, 2.24) is 10.2 Å². The van der Waals surface area contributed by atoms with Gasteiger partial charge in [-0.05, 0) is 42.9 Å². The van der Waals surface area contributed by atoms with Gasteiger partial charge in [0.15, 0.2) is 0 Å². The third kappa shape index (κ3) is 4.00. The maximum Gasteiger partial charge on any atom is 0.335 e. The lowest BCUT2D eigenvalue weighted by Gasteiger charge is -2.38. The van der Waals surface area contributed by atoms with Gasteiger partial charge in [-0.2, -0.15) is 0 Å². The van der Waals surface area contributed by atoms with Gasteiger partial charge in [0.05, 0.1) is 5.56 Å². The fraction of sp³-hybridized carbons (Fsp3) is 0.529. The topological polar surface area (TPSA) is 69.6 Å². The molecule has 1 heterocycles. The molecule has 1 aromatic rings. The number of carbonyl (C=O) groups is 2. The molecular formula is C17H24N2O3. The second kappa shape index (κ2) is 7.29. The van der Waals surface area contributed by atoms with Gasteiger partial charge in [0.1, 0.15) is 0 Å². The first-order chi connectivity index (χ1) is 10.5. The number of nitrogens with zero attached hydrogens (tertiary/aromatic N) is 1. The van der Waals surface area contributed by atoms with Crippen molar-refractivity contribution in [2.24, 2.45) is 5.92 Å². The number of amides is 2. The molecule has 0 aromatic heterocycles. The van der Waals surface area contributed by atoms with Crippen molar-refractivity contribution >= 4 is 12.0 Å². The van der Waals surface area contributed by atoms with Crippen LogP contribution in [-0.4, -0.2) is 34.6 Å². The minimum Gasteiger partial charge on any atom is -0.478 e. The molecule has 2 amide bonds. The molecule has 5 nitrogen and oxygen atoms in total. The van der Waals surface area contributed by atoms with E-state index in [0.29, 0.717) is 18.5 Å². The van der Waals surface area contributed by atoms with Gasteiger partial charge in [0, 0.05) is 19.1 Å². The Morgan fingerprint density at radius 2 is 1.95 bits per heavy atom. The summed E-state index contributed by atoms with van der Waals surface area (Å²) in [6.07, 6.45) is 3.31. The number of benzene rings is 1. The minimum absolute atomic E-state index is 0.0271. The number of carboxylic acid groups (broad SMARTS) is 1. The molecule has 2 rings (SSSR count). The highest BCUT2D eigenvalue weighted by molar-refractivity contribution is 5.87. The zero-order chi connectivity index (χ0) is 16.1. The Labute approximate surface area is 131 Å². The van der Waals surface area contributed by atoms with Crippen molar-refractivity contribution in [2.45, 2.75) is 45.7 Å². The lowest BCUT2D eigenvalue weighted by molar-refractivity contribution is 0.0697. The molecule has 0 aliphatic carbocycles. The molecule has 0 radical (unpaired) electrons. The van der Waals surface area contributed by atoms with E-state index in [2.05, 4.69) is 19.2 Å². The summed E-state index contributed by atoms with van der Waals surface area (Å²) in [6, 6.07) is 6.87. The third-order valence-corrected chi connectivity index (χ3v) is 4.22. The first-order valence-corrected chi connectivity index (χ1v) is 7.85. The number of piperidine rings is 1. The average molecular weight is 304 g/mol. The van der Waals surface area contributed by atoms with Crippen molar-refractivity contribution in [3.63, 3.8) is 0 Å². The Morgan fingerprint density at radius 1 is 1.27 bits per heavy atom. The van der Waals surface area contributed by atoms with E-state index in [1.165, 1.54) is 6.42 Å². The van der Waals surface area contributed by atoms with Crippen LogP contribution >= 0.6 is 0 Å². The van der Waals surface area contributed by atoms with Crippen LogP contribution in [0.3, 0.4) is 0 Å². The lowest BCUT2D eigenvalue weighted by Crippen LogP contribution is -2.50. The number of urea groups is 1. The molecule has 1 saturated heterocycles. The first kappa shape index (κ1) is 16.3. The standard InChI is InChI=1S/C17H24N2O3/c1-12(2)15-5-3-4-10-19(15)17(22)18-11-13-6-8-14(9-7-13)16(20)21/h6-9,12,15H,3-5,10-11H2,1-2H3,(H,18,22)(H,20,21). The quantitative estimate of drug-likeness (QED) is 0.898. The van der Waals surface area contributed by atoms with Crippen LogP contribution in [0.15, 0.2) is 24.3 Å². The molecule has 5 heteroatoms. The molecule has 0 saturated carbocycles. The predicted molar refractivity (Wildman–Crippen MR) is 84.8 cm³/mol. The Bertz CT molecular complexity index is 525. The second-order valence-electron chi connectivity index (χ2n) is 6.16. The van der Waals surface area contributed by atoms with Crippen molar-refractivity contribution in [1.29, 1.82) is 0 Å². The van der Waals surface area contributed by atoms with Gasteiger partial charge < -0.3 is 15.3 Å². The highest BCUT2D eigenvalue weighted by Crippen LogP contribution is 2.23. The van der Waals surface area contributed by atoms with Crippen LogP contribution in [0.2, 0.25) is 0 Å². The van der Waals surface area contributed by atoms with E-state index >= 15 is 0 Å². The monoisotopic (exact) mass is 304 g/mol. The van der Waals surface area contributed by atoms with Gasteiger partial charge in [-0.1, -0.05) is 26.0 Å². The molecule has 120 valence electrons. The number of nitrogens with one attached hydrogen (secondary N) is 1. The minimum atomic E-state index is -0.941. The van der Waals surface area contributed by atoms with Crippen LogP contribution in [0.4, 0.5) is 4.79 Å². The van der Waals surface area contributed by atoms with Gasteiger partial charge in [0.25, 0.3) is 0 Å². The maximum absolute atomic E-state index is 12.4. The SMILES string of the molecule is CC(C)C1CCCCN1C(=O)NCc1ccc(C(=O)O)cc1. The van der Waals surface area contributed by atoms with E-state index in [1.54, 1.807) is 24.3 Å². The summed E-state index contributed by atoms with van der Waals surface area (Å²) in [6.45, 7) is 5.54. The Kier molecular flexibility index (Phi) is 5.41. The molecule has 22 heavy (non-hydrogen) atoms. The van der Waals surface area contributed by atoms with Gasteiger partial charge in [-0.15, -0.1) is 0 Å². The summed E-state index contributed by atoms with van der Waals surface area (Å²) >= 11 is 0. The molecule has 1 fully saturated rings. The molecule has 1 aliphatic heterocycles. The molecular weight excluding hydrogens is 280 g/mol. The lowest BCUT2D eigenvalue weighted by atomic mass is 9.93. The van der Waals surface area contributed by atoms with Crippen LogP contribution in [0.5, 0.6) is 0 Å². The molecule has 1 aliphatic rings. The largest absolute Gasteiger partial charge is 0.478 e. The fourth-order valence-corrected chi connectivity index (χ4v) is 2.95. The van der Waals surface area contributed by atoms with Gasteiger partial charge in [0.2, 0.25) is 0 Å². The summed E-state index contributed by atoms with van der Waals surface area (Å²) in [5.74, 6) is -0.482. The fourth-order valence-electron chi connectivity index (χ4n) is 2.95.